The molecule has 3 aromatic heterocycles. The Kier molecular flexibility index (Phi) is 4.66. The molecule has 6 nitrogen and oxygen atoms in total. The van der Waals surface area contributed by atoms with Crippen LogP contribution in [0.3, 0.4) is 0 Å². The lowest BCUT2D eigenvalue weighted by Gasteiger charge is -2.28. The second kappa shape index (κ2) is 7.58. The van der Waals surface area contributed by atoms with E-state index < -0.39 is 0 Å². The van der Waals surface area contributed by atoms with Gasteiger partial charge in [0.05, 0.1) is 23.9 Å². The largest absolute Gasteiger partial charge is 0.264 e. The van der Waals surface area contributed by atoms with Crippen LogP contribution in [0.5, 0.6) is 0 Å². The van der Waals surface area contributed by atoms with Gasteiger partial charge in [0, 0.05) is 36.9 Å². The van der Waals surface area contributed by atoms with E-state index in [9.17, 15) is 5.26 Å². The number of pyridine rings is 2. The average molecular weight is 352 g/mol. The highest BCUT2D eigenvalue weighted by Gasteiger charge is 2.29. The molecule has 1 aromatic carbocycles. The molecule has 0 N–H and O–H groups in total. The number of hydrogen-bond acceptors (Lipinski definition) is 5. The van der Waals surface area contributed by atoms with E-state index in [0.29, 0.717) is 5.56 Å². The topological polar surface area (TPSA) is 80.3 Å². The monoisotopic (exact) mass is 352 g/mol. The van der Waals surface area contributed by atoms with Crippen molar-refractivity contribution >= 4 is 0 Å². The Morgan fingerprint density at radius 3 is 2.11 bits per heavy atom. The van der Waals surface area contributed by atoms with E-state index >= 15 is 0 Å². The summed E-state index contributed by atoms with van der Waals surface area (Å²) in [6.45, 7) is 0. The Bertz CT molecular complexity index is 999. The fourth-order valence-electron chi connectivity index (χ4n) is 3.33. The first kappa shape index (κ1) is 16.6. The van der Waals surface area contributed by atoms with E-state index in [1.54, 1.807) is 24.7 Å². The minimum atomic E-state index is -0.200. The van der Waals surface area contributed by atoms with Crippen LogP contribution in [-0.4, -0.2) is 25.0 Å². The number of hydrogen-bond donors (Lipinski definition) is 0. The minimum absolute atomic E-state index is 0.0944. The summed E-state index contributed by atoms with van der Waals surface area (Å²) in [5.41, 5.74) is 3.65. The summed E-state index contributed by atoms with van der Waals surface area (Å²) in [4.78, 5) is 8.61. The van der Waals surface area contributed by atoms with Crippen LogP contribution in [-0.2, 0) is 0 Å². The summed E-state index contributed by atoms with van der Waals surface area (Å²) in [6, 6.07) is 17.5. The van der Waals surface area contributed by atoms with Gasteiger partial charge in [-0.2, -0.15) is 5.26 Å². The van der Waals surface area contributed by atoms with Crippen LogP contribution in [0.1, 0.15) is 34.2 Å². The molecule has 4 aromatic rings. The minimum Gasteiger partial charge on any atom is -0.264 e. The molecule has 6 heteroatoms. The molecule has 0 radical (unpaired) electrons. The highest BCUT2D eigenvalue weighted by atomic mass is 15.4. The van der Waals surface area contributed by atoms with Gasteiger partial charge in [-0.1, -0.05) is 29.5 Å². The van der Waals surface area contributed by atoms with E-state index in [2.05, 4.69) is 26.3 Å². The molecule has 0 bridgehead atoms. The molecular formula is C21H16N6. The van der Waals surface area contributed by atoms with Gasteiger partial charge in [-0.25, -0.2) is 4.68 Å². The standard InChI is InChI=1S/C21H16N6/c22-13-16-4-1-5-17(12-16)21(27-11-10-25-26-27)20(18-6-2-8-23-14-18)19-7-3-9-24-15-19/h1-12,14-15,20-21H. The molecule has 1 unspecified atom stereocenters. The van der Waals surface area contributed by atoms with Crippen LogP contribution in [0.25, 0.3) is 0 Å². The third kappa shape index (κ3) is 3.44. The lowest BCUT2D eigenvalue weighted by atomic mass is 9.83. The number of benzene rings is 1. The molecule has 0 amide bonds. The van der Waals surface area contributed by atoms with Gasteiger partial charge in [0.25, 0.3) is 0 Å². The molecule has 3 heterocycles. The van der Waals surface area contributed by atoms with Crippen molar-refractivity contribution in [2.24, 2.45) is 0 Å². The first-order chi connectivity index (χ1) is 13.4. The van der Waals surface area contributed by atoms with Gasteiger partial charge in [-0.3, -0.25) is 9.97 Å². The van der Waals surface area contributed by atoms with Gasteiger partial charge in [0.15, 0.2) is 0 Å². The maximum atomic E-state index is 9.34. The van der Waals surface area contributed by atoms with Crippen LogP contribution in [0.2, 0.25) is 0 Å². The molecular weight excluding hydrogens is 336 g/mol. The number of rotatable bonds is 5. The fourth-order valence-corrected chi connectivity index (χ4v) is 3.33. The van der Waals surface area contributed by atoms with Crippen LogP contribution in [0, 0.1) is 11.3 Å². The maximum Gasteiger partial charge on any atom is 0.0991 e. The van der Waals surface area contributed by atoms with Gasteiger partial charge < -0.3 is 0 Å². The van der Waals surface area contributed by atoms with E-state index in [4.69, 9.17) is 0 Å². The van der Waals surface area contributed by atoms with Gasteiger partial charge in [0.1, 0.15) is 0 Å². The quantitative estimate of drug-likeness (QED) is 0.550. The highest BCUT2D eigenvalue weighted by molar-refractivity contribution is 5.40. The molecule has 0 saturated heterocycles. The third-order valence-corrected chi connectivity index (χ3v) is 4.49. The Morgan fingerprint density at radius 2 is 1.56 bits per heavy atom. The van der Waals surface area contributed by atoms with E-state index in [0.717, 1.165) is 16.7 Å². The van der Waals surface area contributed by atoms with Gasteiger partial charge in [0.2, 0.25) is 0 Å². The maximum absolute atomic E-state index is 9.34. The molecule has 0 aliphatic rings. The molecule has 0 aliphatic heterocycles. The summed E-state index contributed by atoms with van der Waals surface area (Å²) < 4.78 is 1.82. The number of nitriles is 1. The average Bonchev–Trinajstić information content (AvgIpc) is 3.27. The zero-order chi connectivity index (χ0) is 18.5. The smallest absolute Gasteiger partial charge is 0.0991 e. The first-order valence-electron chi connectivity index (χ1n) is 8.52. The van der Waals surface area contributed by atoms with Crippen LogP contribution in [0.4, 0.5) is 0 Å². The van der Waals surface area contributed by atoms with Crippen molar-refractivity contribution < 1.29 is 0 Å². The zero-order valence-electron chi connectivity index (χ0n) is 14.4. The van der Waals surface area contributed by atoms with Crippen molar-refractivity contribution in [2.75, 3.05) is 0 Å². The first-order valence-corrected chi connectivity index (χ1v) is 8.52. The second-order valence-corrected chi connectivity index (χ2v) is 6.12. The summed E-state index contributed by atoms with van der Waals surface area (Å²) in [5, 5.41) is 17.6. The predicted molar refractivity (Wildman–Crippen MR) is 99.6 cm³/mol. The van der Waals surface area contributed by atoms with Gasteiger partial charge in [-0.05, 0) is 41.0 Å². The summed E-state index contributed by atoms with van der Waals surface area (Å²) in [6.07, 6.45) is 10.7. The predicted octanol–water partition coefficient (Wildman–Crippen LogP) is 3.36. The molecule has 0 aliphatic carbocycles. The molecule has 1 atom stereocenters. The van der Waals surface area contributed by atoms with E-state index in [-0.39, 0.29) is 12.0 Å². The van der Waals surface area contributed by atoms with Crippen molar-refractivity contribution in [3.63, 3.8) is 0 Å². The van der Waals surface area contributed by atoms with Crippen molar-refractivity contribution in [1.82, 2.24) is 25.0 Å². The van der Waals surface area contributed by atoms with Crippen LogP contribution < -0.4 is 0 Å². The zero-order valence-corrected chi connectivity index (χ0v) is 14.4. The van der Waals surface area contributed by atoms with Gasteiger partial charge >= 0.3 is 0 Å². The van der Waals surface area contributed by atoms with Crippen molar-refractivity contribution in [3.8, 4) is 6.07 Å². The Hall–Kier alpha value is -3.85. The summed E-state index contributed by atoms with van der Waals surface area (Å²) in [5.74, 6) is -0.0944. The molecule has 4 rings (SSSR count). The molecule has 27 heavy (non-hydrogen) atoms. The van der Waals surface area contributed by atoms with Crippen molar-refractivity contribution in [2.45, 2.75) is 12.0 Å². The van der Waals surface area contributed by atoms with Crippen LogP contribution >= 0.6 is 0 Å². The summed E-state index contributed by atoms with van der Waals surface area (Å²) in [7, 11) is 0. The number of nitrogens with zero attached hydrogens (tertiary/aromatic N) is 6. The SMILES string of the molecule is N#Cc1cccc(C(C(c2cccnc2)c2cccnc2)n2ccnn2)c1. The number of aromatic nitrogens is 5. The Balaban J connectivity index is 1.93. The molecule has 0 saturated carbocycles. The molecule has 130 valence electrons. The van der Waals surface area contributed by atoms with Crippen LogP contribution in [0.15, 0.2) is 85.7 Å². The molecule has 0 spiro atoms. The lowest BCUT2D eigenvalue weighted by molar-refractivity contribution is 0.460. The van der Waals surface area contributed by atoms with Crippen molar-refractivity contribution in [1.29, 1.82) is 5.26 Å². The second-order valence-electron chi connectivity index (χ2n) is 6.12. The highest BCUT2D eigenvalue weighted by Crippen LogP contribution is 2.38. The third-order valence-electron chi connectivity index (χ3n) is 4.49. The van der Waals surface area contributed by atoms with E-state index in [1.807, 2.05) is 65.7 Å². The normalized spacial score (nSPS) is 11.9. The van der Waals surface area contributed by atoms with Gasteiger partial charge in [-0.15, -0.1) is 5.10 Å². The summed E-state index contributed by atoms with van der Waals surface area (Å²) >= 11 is 0. The fraction of sp³-hybridized carbons (Fsp3) is 0.0952. The molecule has 0 fully saturated rings. The van der Waals surface area contributed by atoms with Crippen molar-refractivity contribution in [3.05, 3.63) is 108 Å². The Morgan fingerprint density at radius 1 is 0.852 bits per heavy atom. The Labute approximate surface area is 156 Å². The van der Waals surface area contributed by atoms with E-state index in [1.165, 1.54) is 0 Å². The lowest BCUT2D eigenvalue weighted by Crippen LogP contribution is -2.21.